The molecule has 0 N–H and O–H groups in total. The van der Waals surface area contributed by atoms with Crippen LogP contribution < -0.4 is 0 Å². The molecule has 6 atom stereocenters. The monoisotopic (exact) mass is 344 g/mol. The molecule has 8 heteroatoms. The van der Waals surface area contributed by atoms with Gasteiger partial charge in [0.1, 0.15) is 24.4 Å². The molecule has 136 valence electrons. The van der Waals surface area contributed by atoms with Crippen LogP contribution in [0.15, 0.2) is 0 Å². The summed E-state index contributed by atoms with van der Waals surface area (Å²) in [5.74, 6) is -2.75. The van der Waals surface area contributed by atoms with E-state index in [1.165, 1.54) is 13.8 Å². The van der Waals surface area contributed by atoms with Gasteiger partial charge in [0, 0.05) is 13.8 Å². The molecule has 0 bridgehead atoms. The van der Waals surface area contributed by atoms with Crippen molar-refractivity contribution >= 4 is 11.9 Å². The van der Waals surface area contributed by atoms with Crippen LogP contribution in [0.1, 0.15) is 41.5 Å². The van der Waals surface area contributed by atoms with Gasteiger partial charge in [-0.25, -0.2) is 0 Å². The largest absolute Gasteiger partial charge is 0.456 e. The molecule has 8 nitrogen and oxygen atoms in total. The van der Waals surface area contributed by atoms with E-state index < -0.39 is 60.1 Å². The van der Waals surface area contributed by atoms with Gasteiger partial charge in [-0.15, -0.1) is 0 Å². The smallest absolute Gasteiger partial charge is 0.303 e. The van der Waals surface area contributed by atoms with Gasteiger partial charge in [-0.3, -0.25) is 9.59 Å². The molecule has 0 amide bonds. The standard InChI is InChI=1S/C16H24O8/c1-7(17)19-9-10(20-8(2)18)12-14(24-16(5,6)22-12)13-11(9)21-15(3,4)23-13/h9-14H,1-6H3/t9-,10-,11-,12+,13-,14-/m1/s1. The lowest BCUT2D eigenvalue weighted by atomic mass is 9.84. The Morgan fingerprint density at radius 2 is 0.958 bits per heavy atom. The molecule has 3 aliphatic rings. The third kappa shape index (κ3) is 3.15. The van der Waals surface area contributed by atoms with Crippen LogP contribution in [0.3, 0.4) is 0 Å². The lowest BCUT2D eigenvalue weighted by Crippen LogP contribution is -2.63. The van der Waals surface area contributed by atoms with Gasteiger partial charge in [0.25, 0.3) is 0 Å². The fourth-order valence-corrected chi connectivity index (χ4v) is 3.68. The maximum Gasteiger partial charge on any atom is 0.303 e. The molecule has 0 aromatic rings. The highest BCUT2D eigenvalue weighted by atomic mass is 16.8. The van der Waals surface area contributed by atoms with Crippen LogP contribution in [0.25, 0.3) is 0 Å². The number of hydrogen-bond acceptors (Lipinski definition) is 8. The number of carbonyl (C=O) groups is 2. The Hall–Kier alpha value is -1.22. The first-order valence-electron chi connectivity index (χ1n) is 8.05. The molecule has 0 unspecified atom stereocenters. The fraction of sp³-hybridized carbons (Fsp3) is 0.875. The van der Waals surface area contributed by atoms with Crippen molar-refractivity contribution in [3.63, 3.8) is 0 Å². The number of carbonyl (C=O) groups excluding carboxylic acids is 2. The minimum absolute atomic E-state index is 0.497. The van der Waals surface area contributed by atoms with Crippen LogP contribution >= 0.6 is 0 Å². The highest BCUT2D eigenvalue weighted by molar-refractivity contribution is 5.67. The van der Waals surface area contributed by atoms with Crippen LogP contribution in [0.5, 0.6) is 0 Å². The minimum atomic E-state index is -0.876. The van der Waals surface area contributed by atoms with Crippen LogP contribution in [0.2, 0.25) is 0 Å². The van der Waals surface area contributed by atoms with E-state index >= 15 is 0 Å². The summed E-state index contributed by atoms with van der Waals surface area (Å²) in [7, 11) is 0. The quantitative estimate of drug-likeness (QED) is 0.683. The highest BCUT2D eigenvalue weighted by Crippen LogP contribution is 2.46. The summed E-state index contributed by atoms with van der Waals surface area (Å²) in [6, 6.07) is 0. The molecular formula is C16H24O8. The van der Waals surface area contributed by atoms with E-state index in [9.17, 15) is 9.59 Å². The lowest BCUT2D eigenvalue weighted by Gasteiger charge is -2.41. The minimum Gasteiger partial charge on any atom is -0.456 e. The van der Waals surface area contributed by atoms with Crippen LogP contribution in [0.4, 0.5) is 0 Å². The van der Waals surface area contributed by atoms with Crippen LogP contribution in [0, 0.1) is 0 Å². The van der Waals surface area contributed by atoms with E-state index in [-0.39, 0.29) is 0 Å². The summed E-state index contributed by atoms with van der Waals surface area (Å²) >= 11 is 0. The van der Waals surface area contributed by atoms with Crippen molar-refractivity contribution < 1.29 is 38.0 Å². The molecule has 24 heavy (non-hydrogen) atoms. The second kappa shape index (κ2) is 5.66. The zero-order chi connectivity index (χ0) is 17.9. The normalized spacial score (nSPS) is 42.1. The molecule has 3 rings (SSSR count). The lowest BCUT2D eigenvalue weighted by molar-refractivity contribution is -0.209. The Morgan fingerprint density at radius 1 is 0.667 bits per heavy atom. The number of fused-ring (bicyclic) bond motifs is 3. The van der Waals surface area contributed by atoms with Crippen molar-refractivity contribution in [2.24, 2.45) is 0 Å². The van der Waals surface area contributed by atoms with E-state index in [2.05, 4.69) is 0 Å². The van der Waals surface area contributed by atoms with E-state index in [0.29, 0.717) is 0 Å². The van der Waals surface area contributed by atoms with E-state index in [0.717, 1.165) is 0 Å². The molecule has 1 saturated carbocycles. The third-order valence-electron chi connectivity index (χ3n) is 4.23. The first-order valence-corrected chi connectivity index (χ1v) is 8.05. The molecular weight excluding hydrogens is 320 g/mol. The van der Waals surface area contributed by atoms with Crippen molar-refractivity contribution in [3.05, 3.63) is 0 Å². The first-order chi connectivity index (χ1) is 11.0. The number of ether oxygens (including phenoxy) is 6. The topological polar surface area (TPSA) is 89.5 Å². The van der Waals surface area contributed by atoms with Gasteiger partial charge in [-0.2, -0.15) is 0 Å². The predicted octanol–water partition coefficient (Wildman–Crippen LogP) is 0.904. The van der Waals surface area contributed by atoms with Crippen molar-refractivity contribution in [2.75, 3.05) is 0 Å². The average Bonchev–Trinajstić information content (AvgIpc) is 2.88. The van der Waals surface area contributed by atoms with Crippen molar-refractivity contribution in [2.45, 2.75) is 89.7 Å². The van der Waals surface area contributed by atoms with Gasteiger partial charge >= 0.3 is 11.9 Å². The summed E-state index contributed by atoms with van der Waals surface area (Å²) in [5, 5.41) is 0. The summed E-state index contributed by atoms with van der Waals surface area (Å²) in [6.45, 7) is 9.67. The zero-order valence-corrected chi connectivity index (χ0v) is 14.7. The van der Waals surface area contributed by atoms with E-state index in [4.69, 9.17) is 28.4 Å². The Balaban J connectivity index is 1.98. The molecule has 0 aromatic carbocycles. The summed E-state index contributed by atoms with van der Waals surface area (Å²) in [5.41, 5.74) is 0. The molecule has 2 aliphatic heterocycles. The second-order valence-corrected chi connectivity index (χ2v) is 7.28. The van der Waals surface area contributed by atoms with Gasteiger partial charge in [-0.05, 0) is 27.7 Å². The predicted molar refractivity (Wildman–Crippen MR) is 78.8 cm³/mol. The summed E-state index contributed by atoms with van der Waals surface area (Å²) in [4.78, 5) is 23.2. The SMILES string of the molecule is CC(=O)O[C@@H]1[C@@H](OC(C)=O)[C@@H]2OC(C)(C)O[C@H]2[C@@H]2OC(C)(C)O[C@H]12. The second-order valence-electron chi connectivity index (χ2n) is 7.28. The van der Waals surface area contributed by atoms with Crippen molar-refractivity contribution in [3.8, 4) is 0 Å². The summed E-state index contributed by atoms with van der Waals surface area (Å²) < 4.78 is 34.7. The molecule has 2 saturated heterocycles. The maximum atomic E-state index is 11.6. The number of rotatable bonds is 2. The van der Waals surface area contributed by atoms with E-state index in [1.807, 2.05) is 0 Å². The molecule has 2 heterocycles. The number of hydrogen-bond donors (Lipinski definition) is 0. The fourth-order valence-electron chi connectivity index (χ4n) is 3.68. The van der Waals surface area contributed by atoms with Gasteiger partial charge in [0.15, 0.2) is 23.8 Å². The molecule has 0 spiro atoms. The Bertz CT molecular complexity index is 494. The molecule has 3 fully saturated rings. The van der Waals surface area contributed by atoms with Crippen LogP contribution in [-0.2, 0) is 38.0 Å². The summed E-state index contributed by atoms with van der Waals surface area (Å²) in [6.07, 6.45) is -3.90. The molecule has 0 radical (unpaired) electrons. The Kier molecular flexibility index (Phi) is 4.15. The van der Waals surface area contributed by atoms with Gasteiger partial charge in [0.05, 0.1) is 0 Å². The third-order valence-corrected chi connectivity index (χ3v) is 4.23. The van der Waals surface area contributed by atoms with Gasteiger partial charge in [0.2, 0.25) is 0 Å². The maximum absolute atomic E-state index is 11.6. The molecule has 1 aliphatic carbocycles. The number of esters is 2. The zero-order valence-electron chi connectivity index (χ0n) is 14.7. The van der Waals surface area contributed by atoms with Gasteiger partial charge < -0.3 is 28.4 Å². The molecule has 0 aromatic heterocycles. The van der Waals surface area contributed by atoms with Gasteiger partial charge in [-0.1, -0.05) is 0 Å². The van der Waals surface area contributed by atoms with Crippen molar-refractivity contribution in [1.82, 2.24) is 0 Å². The first kappa shape index (κ1) is 17.6. The highest BCUT2D eigenvalue weighted by Gasteiger charge is 2.65. The van der Waals surface area contributed by atoms with Crippen LogP contribution in [-0.4, -0.2) is 60.1 Å². The van der Waals surface area contributed by atoms with Crippen molar-refractivity contribution in [1.29, 1.82) is 0 Å². The Labute approximate surface area is 140 Å². The van der Waals surface area contributed by atoms with E-state index in [1.54, 1.807) is 27.7 Å². The Morgan fingerprint density at radius 3 is 1.25 bits per heavy atom. The average molecular weight is 344 g/mol.